The van der Waals surface area contributed by atoms with Crippen molar-refractivity contribution in [2.75, 3.05) is 41.6 Å². The molecule has 8 nitrogen and oxygen atoms in total. The molecule has 10 heteroatoms. The van der Waals surface area contributed by atoms with E-state index in [4.69, 9.17) is 42.1 Å². The molecule has 176 valence electrons. The Hall–Kier alpha value is -2.94. The Morgan fingerprint density at radius 2 is 1.64 bits per heavy atom. The van der Waals surface area contributed by atoms with Gasteiger partial charge in [0.25, 0.3) is 11.7 Å². The maximum absolute atomic E-state index is 13.1. The minimum absolute atomic E-state index is 0.104. The van der Waals surface area contributed by atoms with Crippen LogP contribution in [0, 0.1) is 0 Å². The first-order valence-electron chi connectivity index (χ1n) is 9.82. The first kappa shape index (κ1) is 24.7. The van der Waals surface area contributed by atoms with Gasteiger partial charge in [0.05, 0.1) is 49.6 Å². The van der Waals surface area contributed by atoms with Crippen LogP contribution in [0.3, 0.4) is 0 Å². The second-order valence-corrected chi connectivity index (χ2v) is 7.86. The van der Waals surface area contributed by atoms with Gasteiger partial charge in [-0.2, -0.15) is 0 Å². The summed E-state index contributed by atoms with van der Waals surface area (Å²) in [5, 5.41) is 11.5. The van der Waals surface area contributed by atoms with Crippen LogP contribution in [0.25, 0.3) is 5.76 Å². The third-order valence-corrected chi connectivity index (χ3v) is 5.84. The number of methoxy groups -OCH3 is 4. The molecule has 2 aromatic carbocycles. The fraction of sp³-hybridized carbons (Fsp3) is 0.304. The molecule has 1 saturated heterocycles. The number of carbonyl (C=O) groups excluding carboxylic acids is 2. The highest BCUT2D eigenvalue weighted by Gasteiger charge is 2.47. The molecule has 0 radical (unpaired) electrons. The van der Waals surface area contributed by atoms with Crippen LogP contribution in [0.15, 0.2) is 35.9 Å². The van der Waals surface area contributed by atoms with E-state index in [2.05, 4.69) is 0 Å². The zero-order valence-corrected chi connectivity index (χ0v) is 20.0. The topological polar surface area (TPSA) is 94.5 Å². The molecule has 0 saturated carbocycles. The number of halogens is 2. The Morgan fingerprint density at radius 1 is 1.00 bits per heavy atom. The fourth-order valence-electron chi connectivity index (χ4n) is 3.80. The largest absolute Gasteiger partial charge is 0.507 e. The molecule has 0 aliphatic carbocycles. The molecule has 1 atom stereocenters. The number of rotatable bonds is 8. The highest BCUT2D eigenvalue weighted by atomic mass is 35.5. The average molecular weight is 496 g/mol. The Balaban J connectivity index is 2.28. The number of aliphatic hydroxyl groups excluding tert-OH is 1. The van der Waals surface area contributed by atoms with Crippen molar-refractivity contribution in [1.29, 1.82) is 0 Å². The summed E-state index contributed by atoms with van der Waals surface area (Å²) in [5.41, 5.74) is 0.474. The van der Waals surface area contributed by atoms with Crippen molar-refractivity contribution in [3.63, 3.8) is 0 Å². The third kappa shape index (κ3) is 4.46. The monoisotopic (exact) mass is 495 g/mol. The van der Waals surface area contributed by atoms with Crippen molar-refractivity contribution >= 4 is 40.7 Å². The number of likely N-dealkylation sites (tertiary alicyclic amines) is 1. The molecular weight excluding hydrogens is 473 g/mol. The van der Waals surface area contributed by atoms with Crippen LogP contribution in [0.1, 0.15) is 17.2 Å². The standard InChI is InChI=1S/C23H23Cl2NO7/c1-30-9-8-26-18(13-6-5-7-16(31-2)21(13)32-3)17(20(28)23(26)29)19(27)12-10-14(24)22(33-4)15(25)11-12/h5-7,10-11,18,27H,8-9H2,1-4H3/b19-17+. The minimum Gasteiger partial charge on any atom is -0.507 e. The molecule has 1 N–H and O–H groups in total. The first-order chi connectivity index (χ1) is 15.8. The maximum Gasteiger partial charge on any atom is 0.295 e. The number of para-hydroxylation sites is 1. The highest BCUT2D eigenvalue weighted by molar-refractivity contribution is 6.46. The lowest BCUT2D eigenvalue weighted by Gasteiger charge is -2.27. The number of amides is 1. The van der Waals surface area contributed by atoms with Crippen molar-refractivity contribution in [1.82, 2.24) is 4.90 Å². The summed E-state index contributed by atoms with van der Waals surface area (Å²) in [4.78, 5) is 27.4. The summed E-state index contributed by atoms with van der Waals surface area (Å²) in [7, 11) is 5.82. The molecule has 0 bridgehead atoms. The van der Waals surface area contributed by atoms with E-state index in [0.29, 0.717) is 17.1 Å². The SMILES string of the molecule is COCCN1C(=O)C(=O)/C(=C(/O)c2cc(Cl)c(OC)c(Cl)c2)C1c1cccc(OC)c1OC. The van der Waals surface area contributed by atoms with E-state index in [1.165, 1.54) is 45.5 Å². The number of hydrogen-bond donors (Lipinski definition) is 1. The molecule has 1 aliphatic rings. The van der Waals surface area contributed by atoms with Crippen LogP contribution in [-0.2, 0) is 14.3 Å². The summed E-state index contributed by atoms with van der Waals surface area (Å²) in [5.74, 6) is -1.12. The molecule has 1 heterocycles. The summed E-state index contributed by atoms with van der Waals surface area (Å²) in [6.07, 6.45) is 0. The van der Waals surface area contributed by atoms with Gasteiger partial charge in [0.1, 0.15) is 5.76 Å². The van der Waals surface area contributed by atoms with Crippen molar-refractivity contribution in [3.05, 3.63) is 57.1 Å². The number of nitrogens with zero attached hydrogens (tertiary/aromatic N) is 1. The second-order valence-electron chi connectivity index (χ2n) is 7.04. The molecule has 0 aromatic heterocycles. The highest BCUT2D eigenvalue weighted by Crippen LogP contribution is 2.46. The van der Waals surface area contributed by atoms with Gasteiger partial charge in [-0.1, -0.05) is 35.3 Å². The summed E-state index contributed by atoms with van der Waals surface area (Å²) >= 11 is 12.5. The van der Waals surface area contributed by atoms with Crippen LogP contribution in [0.2, 0.25) is 10.0 Å². The van der Waals surface area contributed by atoms with Crippen molar-refractivity contribution < 1.29 is 33.6 Å². The molecule has 33 heavy (non-hydrogen) atoms. The number of Topliss-reactive ketones (excluding diaryl/α,β-unsaturated/α-hetero) is 1. The number of hydrogen-bond acceptors (Lipinski definition) is 7. The van der Waals surface area contributed by atoms with Crippen molar-refractivity contribution in [2.45, 2.75) is 6.04 Å². The van der Waals surface area contributed by atoms with Crippen LogP contribution in [0.5, 0.6) is 17.2 Å². The molecule has 1 amide bonds. The Morgan fingerprint density at radius 3 is 2.18 bits per heavy atom. The van der Waals surface area contributed by atoms with Crippen molar-refractivity contribution in [3.8, 4) is 17.2 Å². The van der Waals surface area contributed by atoms with E-state index < -0.39 is 23.5 Å². The van der Waals surface area contributed by atoms with Gasteiger partial charge in [-0.25, -0.2) is 0 Å². The molecule has 1 unspecified atom stereocenters. The van der Waals surface area contributed by atoms with Gasteiger partial charge < -0.3 is 29.0 Å². The molecule has 1 aliphatic heterocycles. The maximum atomic E-state index is 13.1. The zero-order valence-electron chi connectivity index (χ0n) is 18.5. The zero-order chi connectivity index (χ0) is 24.3. The normalized spacial score (nSPS) is 17.4. The predicted octanol–water partition coefficient (Wildman–Crippen LogP) is 4.09. The van der Waals surface area contributed by atoms with E-state index in [9.17, 15) is 14.7 Å². The molecule has 3 rings (SSSR count). The lowest BCUT2D eigenvalue weighted by atomic mass is 9.94. The van der Waals surface area contributed by atoms with Gasteiger partial charge in [-0.3, -0.25) is 9.59 Å². The lowest BCUT2D eigenvalue weighted by Crippen LogP contribution is -2.32. The summed E-state index contributed by atoms with van der Waals surface area (Å²) in [6.45, 7) is 0.281. The summed E-state index contributed by atoms with van der Waals surface area (Å²) < 4.78 is 21.2. The van der Waals surface area contributed by atoms with Crippen LogP contribution >= 0.6 is 23.2 Å². The van der Waals surface area contributed by atoms with Crippen LogP contribution < -0.4 is 14.2 Å². The van der Waals surface area contributed by atoms with E-state index in [-0.39, 0.29) is 40.1 Å². The average Bonchev–Trinajstić information content (AvgIpc) is 3.05. The predicted molar refractivity (Wildman–Crippen MR) is 123 cm³/mol. The van der Waals surface area contributed by atoms with Crippen LogP contribution in [0.4, 0.5) is 0 Å². The molecule has 2 aromatic rings. The lowest BCUT2D eigenvalue weighted by molar-refractivity contribution is -0.140. The van der Waals surface area contributed by atoms with E-state index >= 15 is 0 Å². The third-order valence-electron chi connectivity index (χ3n) is 5.28. The van der Waals surface area contributed by atoms with Gasteiger partial charge in [0.15, 0.2) is 17.2 Å². The van der Waals surface area contributed by atoms with E-state index in [0.717, 1.165) is 0 Å². The number of aliphatic hydroxyl groups is 1. The van der Waals surface area contributed by atoms with Crippen LogP contribution in [-0.4, -0.2) is 63.3 Å². The van der Waals surface area contributed by atoms with Gasteiger partial charge in [0, 0.05) is 24.8 Å². The second kappa shape index (κ2) is 10.3. The van der Waals surface area contributed by atoms with E-state index in [1.54, 1.807) is 18.2 Å². The molecule has 0 spiro atoms. The summed E-state index contributed by atoms with van der Waals surface area (Å²) in [6, 6.07) is 6.93. The fourth-order valence-corrected chi connectivity index (χ4v) is 4.44. The van der Waals surface area contributed by atoms with Gasteiger partial charge >= 0.3 is 0 Å². The number of carbonyl (C=O) groups is 2. The molecule has 1 fully saturated rings. The quantitative estimate of drug-likeness (QED) is 0.334. The van der Waals surface area contributed by atoms with Crippen molar-refractivity contribution in [2.24, 2.45) is 0 Å². The Kier molecular flexibility index (Phi) is 7.73. The Labute approximate surface area is 201 Å². The first-order valence-corrected chi connectivity index (χ1v) is 10.6. The van der Waals surface area contributed by atoms with E-state index in [1.807, 2.05) is 0 Å². The number of ether oxygens (including phenoxy) is 4. The smallest absolute Gasteiger partial charge is 0.295 e. The number of benzene rings is 2. The molecular formula is C23H23Cl2NO7. The minimum atomic E-state index is -0.968. The van der Waals surface area contributed by atoms with Gasteiger partial charge in [-0.15, -0.1) is 0 Å². The van der Waals surface area contributed by atoms with Gasteiger partial charge in [0.2, 0.25) is 0 Å². The Bertz CT molecular complexity index is 1090. The number of ketones is 1. The van der Waals surface area contributed by atoms with Gasteiger partial charge in [-0.05, 0) is 18.2 Å².